The molecule has 0 fully saturated rings. The molecule has 8 nitrogen and oxygen atoms in total. The summed E-state index contributed by atoms with van der Waals surface area (Å²) >= 11 is 0. The highest BCUT2D eigenvalue weighted by molar-refractivity contribution is 7.89. The maximum absolute atomic E-state index is 13.3. The number of carbonyl (C=O) groups excluding carboxylic acids is 1. The van der Waals surface area contributed by atoms with E-state index >= 15 is 0 Å². The zero-order chi connectivity index (χ0) is 24.2. The van der Waals surface area contributed by atoms with E-state index in [2.05, 4.69) is 15.1 Å². The van der Waals surface area contributed by atoms with Gasteiger partial charge >= 0.3 is 12.3 Å². The van der Waals surface area contributed by atoms with Crippen LogP contribution < -0.4 is 10.0 Å². The first kappa shape index (κ1) is 24.3. The second-order valence-corrected chi connectivity index (χ2v) is 8.73. The van der Waals surface area contributed by atoms with Crippen LogP contribution in [-0.4, -0.2) is 44.5 Å². The Morgan fingerprint density at radius 2 is 1.73 bits per heavy atom. The van der Waals surface area contributed by atoms with Gasteiger partial charge in [0.15, 0.2) is 5.69 Å². The van der Waals surface area contributed by atoms with Crippen molar-refractivity contribution < 1.29 is 31.1 Å². The van der Waals surface area contributed by atoms with E-state index in [1.807, 2.05) is 6.92 Å². The minimum atomic E-state index is -4.64. The van der Waals surface area contributed by atoms with Gasteiger partial charge in [-0.3, -0.25) is 0 Å². The Morgan fingerprint density at radius 3 is 2.30 bits per heavy atom. The van der Waals surface area contributed by atoms with Gasteiger partial charge in [0.05, 0.1) is 16.3 Å². The maximum Gasteiger partial charge on any atom is 0.435 e. The Balaban J connectivity index is 1.87. The number of benzene rings is 2. The van der Waals surface area contributed by atoms with E-state index in [1.54, 1.807) is 24.3 Å². The number of alkyl halides is 3. The Kier molecular flexibility index (Phi) is 7.08. The van der Waals surface area contributed by atoms with Gasteiger partial charge in [0.25, 0.3) is 0 Å². The molecule has 0 bridgehead atoms. The summed E-state index contributed by atoms with van der Waals surface area (Å²) in [5.74, 6) is 0. The number of nitrogens with zero attached hydrogens (tertiary/aromatic N) is 2. The fraction of sp³-hybridized carbons (Fsp3) is 0.238. The average molecular weight is 482 g/mol. The summed E-state index contributed by atoms with van der Waals surface area (Å²) in [4.78, 5) is 10.9. The molecule has 0 saturated heterocycles. The van der Waals surface area contributed by atoms with Crippen LogP contribution >= 0.6 is 0 Å². The van der Waals surface area contributed by atoms with E-state index in [0.717, 1.165) is 16.3 Å². The molecule has 176 valence electrons. The molecule has 1 amide bonds. The summed E-state index contributed by atoms with van der Waals surface area (Å²) < 4.78 is 72.9. The van der Waals surface area contributed by atoms with E-state index in [-0.39, 0.29) is 29.4 Å². The molecule has 0 unspecified atom stereocenters. The minimum absolute atomic E-state index is 0.105. The number of hydrogen-bond donors (Lipinski definition) is 2. The molecular formula is C21H21F3N4O4S. The van der Waals surface area contributed by atoms with Crippen LogP contribution in [-0.2, 0) is 20.9 Å². The van der Waals surface area contributed by atoms with Gasteiger partial charge in [-0.2, -0.15) is 18.3 Å². The van der Waals surface area contributed by atoms with E-state index in [4.69, 9.17) is 4.74 Å². The molecule has 12 heteroatoms. The van der Waals surface area contributed by atoms with Gasteiger partial charge in [-0.05, 0) is 37.3 Å². The van der Waals surface area contributed by atoms with Crippen LogP contribution in [0, 0.1) is 6.92 Å². The number of rotatable bonds is 7. The lowest BCUT2D eigenvalue weighted by Crippen LogP contribution is -2.30. The van der Waals surface area contributed by atoms with Crippen molar-refractivity contribution in [3.05, 3.63) is 65.9 Å². The van der Waals surface area contributed by atoms with Crippen molar-refractivity contribution in [2.45, 2.75) is 18.0 Å². The normalized spacial score (nSPS) is 11.9. The van der Waals surface area contributed by atoms with Crippen LogP contribution in [0.4, 0.5) is 18.0 Å². The Morgan fingerprint density at radius 1 is 1.09 bits per heavy atom. The van der Waals surface area contributed by atoms with Gasteiger partial charge in [0, 0.05) is 19.2 Å². The van der Waals surface area contributed by atoms with Crippen molar-refractivity contribution in [1.82, 2.24) is 19.8 Å². The van der Waals surface area contributed by atoms with Crippen molar-refractivity contribution in [3.63, 3.8) is 0 Å². The smallest absolute Gasteiger partial charge is 0.435 e. The van der Waals surface area contributed by atoms with Crippen LogP contribution in [0.5, 0.6) is 0 Å². The first-order valence-corrected chi connectivity index (χ1v) is 11.2. The van der Waals surface area contributed by atoms with Crippen LogP contribution in [0.15, 0.2) is 59.5 Å². The topological polar surface area (TPSA) is 102 Å². The van der Waals surface area contributed by atoms with Crippen LogP contribution in [0.2, 0.25) is 0 Å². The molecule has 1 heterocycles. The molecule has 33 heavy (non-hydrogen) atoms. The van der Waals surface area contributed by atoms with Crippen LogP contribution in [0.1, 0.15) is 11.3 Å². The van der Waals surface area contributed by atoms with Crippen LogP contribution in [0.3, 0.4) is 0 Å². The summed E-state index contributed by atoms with van der Waals surface area (Å²) in [6.45, 7) is 1.54. The summed E-state index contributed by atoms with van der Waals surface area (Å²) in [6.07, 6.45) is -5.34. The summed E-state index contributed by atoms with van der Waals surface area (Å²) in [7, 11) is -2.55. The zero-order valence-electron chi connectivity index (χ0n) is 17.7. The Labute approximate surface area is 188 Å². The number of halogens is 3. The van der Waals surface area contributed by atoms with E-state index in [0.29, 0.717) is 5.56 Å². The molecule has 3 rings (SSSR count). The summed E-state index contributed by atoms with van der Waals surface area (Å²) in [6, 6.07) is 13.1. The third-order valence-electron chi connectivity index (χ3n) is 4.57. The second-order valence-electron chi connectivity index (χ2n) is 6.97. The van der Waals surface area contributed by atoms with Crippen molar-refractivity contribution in [1.29, 1.82) is 0 Å². The van der Waals surface area contributed by atoms with Gasteiger partial charge in [-0.15, -0.1) is 0 Å². The van der Waals surface area contributed by atoms with Gasteiger partial charge in [0.1, 0.15) is 6.61 Å². The largest absolute Gasteiger partial charge is 0.448 e. The predicted molar refractivity (Wildman–Crippen MR) is 114 cm³/mol. The quantitative estimate of drug-likeness (QED) is 0.502. The molecule has 2 aromatic carbocycles. The number of carbonyl (C=O) groups is 1. The molecule has 3 aromatic rings. The lowest BCUT2D eigenvalue weighted by molar-refractivity contribution is -0.141. The number of alkyl carbamates (subject to hydrolysis) is 1. The highest BCUT2D eigenvalue weighted by Crippen LogP contribution is 2.33. The molecule has 0 spiro atoms. The first-order valence-electron chi connectivity index (χ1n) is 9.70. The molecule has 0 saturated carbocycles. The van der Waals surface area contributed by atoms with Crippen molar-refractivity contribution >= 4 is 16.1 Å². The molecule has 2 N–H and O–H groups in total. The fourth-order valence-electron chi connectivity index (χ4n) is 2.89. The SMILES string of the molecule is CNC(=O)OCCNS(=O)(=O)c1ccc(-n2nc(C(F)(F)F)cc2-c2ccc(C)cc2)cc1. The van der Waals surface area contributed by atoms with Crippen molar-refractivity contribution in [2.24, 2.45) is 0 Å². The number of ether oxygens (including phenoxy) is 1. The van der Waals surface area contributed by atoms with Gasteiger partial charge < -0.3 is 10.1 Å². The van der Waals surface area contributed by atoms with Gasteiger partial charge in [-0.1, -0.05) is 29.8 Å². The maximum atomic E-state index is 13.3. The molecule has 0 atom stereocenters. The van der Waals surface area contributed by atoms with Crippen molar-refractivity contribution in [3.8, 4) is 16.9 Å². The zero-order valence-corrected chi connectivity index (χ0v) is 18.5. The average Bonchev–Trinajstić information content (AvgIpc) is 3.23. The highest BCUT2D eigenvalue weighted by atomic mass is 32.2. The Hall–Kier alpha value is -3.38. The van der Waals surface area contributed by atoms with E-state index < -0.39 is 28.0 Å². The highest BCUT2D eigenvalue weighted by Gasteiger charge is 2.35. The molecule has 1 aromatic heterocycles. The van der Waals surface area contributed by atoms with E-state index in [9.17, 15) is 26.4 Å². The number of amides is 1. The molecular weight excluding hydrogens is 461 g/mol. The lowest BCUT2D eigenvalue weighted by atomic mass is 10.1. The van der Waals surface area contributed by atoms with Crippen LogP contribution in [0.25, 0.3) is 16.9 Å². The molecule has 0 aliphatic rings. The van der Waals surface area contributed by atoms with Gasteiger partial charge in [-0.25, -0.2) is 22.6 Å². The second kappa shape index (κ2) is 9.63. The lowest BCUT2D eigenvalue weighted by Gasteiger charge is -2.10. The van der Waals surface area contributed by atoms with Crippen molar-refractivity contribution in [2.75, 3.05) is 20.2 Å². The third-order valence-corrected chi connectivity index (χ3v) is 6.05. The standard InChI is InChI=1S/C21H21F3N4O4S/c1-14-3-5-15(6-4-14)18-13-19(21(22,23)24)27-28(18)16-7-9-17(10-8-16)33(30,31)26-11-12-32-20(29)25-2/h3-10,13,26H,11-12H2,1-2H3,(H,25,29). The fourth-order valence-corrected chi connectivity index (χ4v) is 3.90. The van der Waals surface area contributed by atoms with Gasteiger partial charge in [0.2, 0.25) is 10.0 Å². The monoisotopic (exact) mass is 482 g/mol. The predicted octanol–water partition coefficient (Wildman–Crippen LogP) is 3.50. The number of nitrogens with one attached hydrogen (secondary N) is 2. The minimum Gasteiger partial charge on any atom is -0.448 e. The summed E-state index contributed by atoms with van der Waals surface area (Å²) in [5, 5.41) is 5.93. The molecule has 0 aliphatic heterocycles. The first-order chi connectivity index (χ1) is 15.5. The third kappa shape index (κ3) is 5.90. The number of hydrogen-bond acceptors (Lipinski definition) is 5. The number of aromatic nitrogens is 2. The Bertz CT molecular complexity index is 1220. The number of sulfonamides is 1. The summed E-state index contributed by atoms with van der Waals surface area (Å²) in [5.41, 5.74) is 0.875. The molecule has 0 radical (unpaired) electrons. The van der Waals surface area contributed by atoms with E-state index in [1.165, 1.54) is 31.3 Å². The number of aryl methyl sites for hydroxylation is 1. The molecule has 0 aliphatic carbocycles.